The second kappa shape index (κ2) is 6.90. The summed E-state index contributed by atoms with van der Waals surface area (Å²) in [5, 5.41) is 3.65. The van der Waals surface area contributed by atoms with Crippen molar-refractivity contribution in [1.29, 1.82) is 0 Å². The average molecular weight is 319 g/mol. The summed E-state index contributed by atoms with van der Waals surface area (Å²) in [6, 6.07) is 8.43. The van der Waals surface area contributed by atoms with Crippen LogP contribution in [0.3, 0.4) is 0 Å². The fraction of sp³-hybridized carbons (Fsp3) is 0.235. The Bertz CT molecular complexity index is 703. The SMILES string of the molecule is Fc1cc(Cl)ccc1COc1ncccc1C1=CCNCC1. The summed E-state index contributed by atoms with van der Waals surface area (Å²) in [7, 11) is 0. The van der Waals surface area contributed by atoms with Crippen LogP contribution in [0.1, 0.15) is 17.5 Å². The summed E-state index contributed by atoms with van der Waals surface area (Å²) in [6.45, 7) is 1.90. The number of benzene rings is 1. The molecule has 0 saturated heterocycles. The lowest BCUT2D eigenvalue weighted by atomic mass is 10.0. The first-order chi connectivity index (χ1) is 10.7. The minimum Gasteiger partial charge on any atom is -0.472 e. The van der Waals surface area contributed by atoms with Crippen molar-refractivity contribution in [3.05, 3.63) is 64.6 Å². The van der Waals surface area contributed by atoms with Crippen molar-refractivity contribution < 1.29 is 9.13 Å². The monoisotopic (exact) mass is 318 g/mol. The summed E-state index contributed by atoms with van der Waals surface area (Å²) in [5.74, 6) is 0.163. The minimum absolute atomic E-state index is 0.124. The summed E-state index contributed by atoms with van der Waals surface area (Å²) in [5.41, 5.74) is 2.64. The van der Waals surface area contributed by atoms with E-state index in [1.165, 1.54) is 11.6 Å². The first-order valence-electron chi connectivity index (χ1n) is 7.16. The third-order valence-corrected chi connectivity index (χ3v) is 3.80. The molecule has 3 rings (SSSR count). The lowest BCUT2D eigenvalue weighted by Gasteiger charge is -2.17. The number of hydrogen-bond acceptors (Lipinski definition) is 3. The fourth-order valence-electron chi connectivity index (χ4n) is 2.40. The van der Waals surface area contributed by atoms with E-state index >= 15 is 0 Å². The van der Waals surface area contributed by atoms with Crippen LogP contribution >= 0.6 is 11.6 Å². The van der Waals surface area contributed by atoms with Crippen LogP contribution in [0.15, 0.2) is 42.6 Å². The number of halogens is 2. The Labute approximate surface area is 133 Å². The lowest BCUT2D eigenvalue weighted by molar-refractivity contribution is 0.287. The average Bonchev–Trinajstić information content (AvgIpc) is 2.55. The van der Waals surface area contributed by atoms with Crippen molar-refractivity contribution in [3.8, 4) is 5.88 Å². The lowest BCUT2D eigenvalue weighted by Crippen LogP contribution is -2.20. The summed E-state index contributed by atoms with van der Waals surface area (Å²) >= 11 is 5.75. The van der Waals surface area contributed by atoms with Crippen LogP contribution in [0.4, 0.5) is 4.39 Å². The van der Waals surface area contributed by atoms with E-state index in [-0.39, 0.29) is 12.4 Å². The quantitative estimate of drug-likeness (QED) is 0.930. The molecule has 2 heterocycles. The van der Waals surface area contributed by atoms with Gasteiger partial charge in [0.1, 0.15) is 12.4 Å². The van der Waals surface area contributed by atoms with Gasteiger partial charge < -0.3 is 10.1 Å². The highest BCUT2D eigenvalue weighted by Gasteiger charge is 2.13. The van der Waals surface area contributed by atoms with Gasteiger partial charge in [0.25, 0.3) is 0 Å². The maximum atomic E-state index is 13.8. The number of hydrogen-bond donors (Lipinski definition) is 1. The van der Waals surface area contributed by atoms with Crippen LogP contribution in [-0.4, -0.2) is 18.1 Å². The number of aromatic nitrogens is 1. The Morgan fingerprint density at radius 3 is 3.00 bits per heavy atom. The predicted octanol–water partition coefficient (Wildman–Crippen LogP) is 3.83. The van der Waals surface area contributed by atoms with Crippen molar-refractivity contribution in [1.82, 2.24) is 10.3 Å². The van der Waals surface area contributed by atoms with E-state index in [1.54, 1.807) is 18.3 Å². The summed E-state index contributed by atoms with van der Waals surface area (Å²) in [4.78, 5) is 4.28. The molecule has 0 spiro atoms. The molecular formula is C17H16ClFN2O. The van der Waals surface area contributed by atoms with Crippen LogP contribution in [0.5, 0.6) is 5.88 Å². The molecule has 0 unspecified atom stereocenters. The fourth-order valence-corrected chi connectivity index (χ4v) is 2.56. The molecular weight excluding hydrogens is 303 g/mol. The van der Waals surface area contributed by atoms with Crippen molar-refractivity contribution in [2.24, 2.45) is 0 Å². The predicted molar refractivity (Wildman–Crippen MR) is 85.4 cm³/mol. The van der Waals surface area contributed by atoms with Gasteiger partial charge in [-0.3, -0.25) is 0 Å². The van der Waals surface area contributed by atoms with Gasteiger partial charge in [0.05, 0.1) is 0 Å². The molecule has 0 aliphatic carbocycles. The van der Waals surface area contributed by atoms with Gasteiger partial charge in [-0.1, -0.05) is 23.7 Å². The maximum absolute atomic E-state index is 13.8. The van der Waals surface area contributed by atoms with E-state index in [9.17, 15) is 4.39 Å². The van der Waals surface area contributed by atoms with Crippen molar-refractivity contribution >= 4 is 17.2 Å². The largest absolute Gasteiger partial charge is 0.472 e. The molecule has 0 bridgehead atoms. The summed E-state index contributed by atoms with van der Waals surface area (Å²) < 4.78 is 19.5. The zero-order valence-corrected chi connectivity index (χ0v) is 12.7. The summed E-state index contributed by atoms with van der Waals surface area (Å²) in [6.07, 6.45) is 4.74. The number of nitrogens with zero attached hydrogens (tertiary/aromatic N) is 1. The maximum Gasteiger partial charge on any atom is 0.221 e. The number of ether oxygens (including phenoxy) is 1. The van der Waals surface area contributed by atoms with Gasteiger partial charge in [-0.25, -0.2) is 9.37 Å². The number of nitrogens with one attached hydrogen (secondary N) is 1. The molecule has 2 aromatic rings. The molecule has 114 valence electrons. The molecule has 1 aromatic heterocycles. The van der Waals surface area contributed by atoms with Gasteiger partial charge in [0, 0.05) is 28.9 Å². The van der Waals surface area contributed by atoms with Gasteiger partial charge in [-0.05, 0) is 42.8 Å². The third-order valence-electron chi connectivity index (χ3n) is 3.56. The first-order valence-corrected chi connectivity index (χ1v) is 7.54. The second-order valence-electron chi connectivity index (χ2n) is 5.06. The van der Waals surface area contributed by atoms with Crippen molar-refractivity contribution in [2.45, 2.75) is 13.0 Å². The van der Waals surface area contributed by atoms with E-state index in [4.69, 9.17) is 16.3 Å². The normalized spacial score (nSPS) is 14.5. The van der Waals surface area contributed by atoms with Crippen LogP contribution in [0.2, 0.25) is 5.02 Å². The Kier molecular flexibility index (Phi) is 4.71. The molecule has 0 saturated carbocycles. The van der Waals surface area contributed by atoms with E-state index < -0.39 is 0 Å². The smallest absolute Gasteiger partial charge is 0.221 e. The van der Waals surface area contributed by atoms with Crippen LogP contribution in [0, 0.1) is 5.82 Å². The highest BCUT2D eigenvalue weighted by Crippen LogP contribution is 2.28. The Balaban J connectivity index is 1.79. The molecule has 22 heavy (non-hydrogen) atoms. The highest BCUT2D eigenvalue weighted by atomic mass is 35.5. The number of rotatable bonds is 4. The Morgan fingerprint density at radius 1 is 1.32 bits per heavy atom. The van der Waals surface area contributed by atoms with Gasteiger partial charge in [-0.2, -0.15) is 0 Å². The molecule has 1 aliphatic heterocycles. The molecule has 3 nitrogen and oxygen atoms in total. The Hall–Kier alpha value is -1.91. The molecule has 1 aromatic carbocycles. The van der Waals surface area contributed by atoms with Crippen molar-refractivity contribution in [2.75, 3.05) is 13.1 Å². The topological polar surface area (TPSA) is 34.1 Å². The number of pyridine rings is 1. The molecule has 1 N–H and O–H groups in total. The standard InChI is InChI=1S/C17H16ClFN2O/c18-14-4-3-13(16(19)10-14)11-22-17-15(2-1-7-21-17)12-5-8-20-9-6-12/h1-5,7,10,20H,6,8-9,11H2. The zero-order valence-electron chi connectivity index (χ0n) is 12.0. The molecule has 5 heteroatoms. The first kappa shape index (κ1) is 15.0. The van der Waals surface area contributed by atoms with Crippen LogP contribution in [-0.2, 0) is 6.61 Å². The molecule has 0 fully saturated rings. The van der Waals surface area contributed by atoms with E-state index in [0.717, 1.165) is 25.1 Å². The third kappa shape index (κ3) is 3.46. The minimum atomic E-state index is -0.369. The van der Waals surface area contributed by atoms with Gasteiger partial charge in [0.15, 0.2) is 0 Å². The van der Waals surface area contributed by atoms with Gasteiger partial charge in [0.2, 0.25) is 5.88 Å². The molecule has 0 radical (unpaired) electrons. The Morgan fingerprint density at radius 2 is 2.23 bits per heavy atom. The van der Waals surface area contributed by atoms with Crippen LogP contribution in [0.25, 0.3) is 5.57 Å². The van der Waals surface area contributed by atoms with E-state index in [0.29, 0.717) is 16.5 Å². The van der Waals surface area contributed by atoms with E-state index in [2.05, 4.69) is 16.4 Å². The van der Waals surface area contributed by atoms with Crippen molar-refractivity contribution in [3.63, 3.8) is 0 Å². The second-order valence-corrected chi connectivity index (χ2v) is 5.50. The molecule has 0 amide bonds. The van der Waals surface area contributed by atoms with E-state index in [1.807, 2.05) is 12.1 Å². The van der Waals surface area contributed by atoms with Gasteiger partial charge >= 0.3 is 0 Å². The van der Waals surface area contributed by atoms with Crippen LogP contribution < -0.4 is 10.1 Å². The highest BCUT2D eigenvalue weighted by molar-refractivity contribution is 6.30. The molecule has 0 atom stereocenters. The molecule has 1 aliphatic rings. The van der Waals surface area contributed by atoms with Gasteiger partial charge in [-0.15, -0.1) is 0 Å². The zero-order chi connectivity index (χ0) is 15.4.